The van der Waals surface area contributed by atoms with Crippen molar-refractivity contribution in [1.29, 1.82) is 0 Å². The number of nitrogens with zero attached hydrogens (tertiary/aromatic N) is 1. The molecule has 3 aromatic carbocycles. The molecular formula is C28H27N3O3S. The predicted octanol–water partition coefficient (Wildman–Crippen LogP) is 5.35. The molecule has 178 valence electrons. The van der Waals surface area contributed by atoms with Crippen LogP contribution >= 0.6 is 11.3 Å². The van der Waals surface area contributed by atoms with Crippen molar-refractivity contribution in [2.75, 3.05) is 0 Å². The van der Waals surface area contributed by atoms with Crippen LogP contribution < -0.4 is 15.4 Å². The van der Waals surface area contributed by atoms with Crippen LogP contribution in [0.25, 0.3) is 10.8 Å². The molecule has 1 saturated carbocycles. The van der Waals surface area contributed by atoms with Crippen molar-refractivity contribution >= 4 is 33.9 Å². The van der Waals surface area contributed by atoms with Gasteiger partial charge in [-0.05, 0) is 47.9 Å². The fourth-order valence-corrected chi connectivity index (χ4v) is 5.13. The van der Waals surface area contributed by atoms with E-state index in [0.29, 0.717) is 17.9 Å². The molecule has 0 spiro atoms. The highest BCUT2D eigenvalue weighted by molar-refractivity contribution is 7.09. The molecule has 2 atom stereocenters. The number of hydrogen-bond donors (Lipinski definition) is 2. The third-order valence-corrected chi connectivity index (χ3v) is 7.12. The molecule has 1 fully saturated rings. The Balaban J connectivity index is 1.20. The van der Waals surface area contributed by atoms with Gasteiger partial charge >= 0.3 is 0 Å². The summed E-state index contributed by atoms with van der Waals surface area (Å²) in [6.45, 7) is 0.315. The Morgan fingerprint density at radius 1 is 0.857 bits per heavy atom. The number of nitrogens with one attached hydrogen (secondary N) is 2. The van der Waals surface area contributed by atoms with Crippen molar-refractivity contribution in [1.82, 2.24) is 15.6 Å². The number of ether oxygens (including phenoxy) is 1. The summed E-state index contributed by atoms with van der Waals surface area (Å²) < 4.78 is 5.73. The fraction of sp³-hybridized carbons (Fsp3) is 0.250. The number of carbonyl (C=O) groups is 2. The Morgan fingerprint density at radius 2 is 1.54 bits per heavy atom. The summed E-state index contributed by atoms with van der Waals surface area (Å²) in [7, 11) is 0. The zero-order valence-electron chi connectivity index (χ0n) is 19.3. The number of aromatic nitrogens is 1. The second-order valence-electron chi connectivity index (χ2n) is 8.73. The maximum absolute atomic E-state index is 13.0. The summed E-state index contributed by atoms with van der Waals surface area (Å²) in [5, 5.41) is 10.9. The first-order valence-corrected chi connectivity index (χ1v) is 12.8. The number of para-hydroxylation sites is 1. The van der Waals surface area contributed by atoms with Crippen LogP contribution in [-0.2, 0) is 6.61 Å². The molecule has 4 aromatic rings. The molecule has 35 heavy (non-hydrogen) atoms. The molecule has 1 aliphatic rings. The van der Waals surface area contributed by atoms with E-state index < -0.39 is 0 Å². The van der Waals surface area contributed by atoms with Crippen molar-refractivity contribution in [2.24, 2.45) is 0 Å². The van der Waals surface area contributed by atoms with Crippen LogP contribution in [0.15, 0.2) is 78.2 Å². The molecule has 1 aliphatic carbocycles. The van der Waals surface area contributed by atoms with E-state index in [1.165, 1.54) is 11.3 Å². The van der Waals surface area contributed by atoms with Gasteiger partial charge in [0.2, 0.25) is 0 Å². The Morgan fingerprint density at radius 3 is 2.31 bits per heavy atom. The van der Waals surface area contributed by atoms with E-state index in [-0.39, 0.29) is 23.9 Å². The van der Waals surface area contributed by atoms with Crippen LogP contribution in [0.2, 0.25) is 0 Å². The second-order valence-corrected chi connectivity index (χ2v) is 9.68. The molecule has 1 aromatic heterocycles. The van der Waals surface area contributed by atoms with Crippen molar-refractivity contribution in [3.63, 3.8) is 0 Å². The van der Waals surface area contributed by atoms with Crippen LogP contribution in [0.4, 0.5) is 0 Å². The first-order chi connectivity index (χ1) is 17.2. The van der Waals surface area contributed by atoms with E-state index in [4.69, 9.17) is 4.74 Å². The van der Waals surface area contributed by atoms with Gasteiger partial charge in [-0.3, -0.25) is 9.59 Å². The Kier molecular flexibility index (Phi) is 7.04. The fourth-order valence-electron chi connectivity index (χ4n) is 4.44. The monoisotopic (exact) mass is 485 g/mol. The van der Waals surface area contributed by atoms with Gasteiger partial charge in [-0.15, -0.1) is 11.3 Å². The quantitative estimate of drug-likeness (QED) is 0.370. The van der Waals surface area contributed by atoms with Crippen molar-refractivity contribution < 1.29 is 14.3 Å². The van der Waals surface area contributed by atoms with Crippen molar-refractivity contribution in [3.8, 4) is 5.75 Å². The minimum Gasteiger partial charge on any atom is -0.486 e. The van der Waals surface area contributed by atoms with Crippen LogP contribution in [0.1, 0.15) is 51.5 Å². The van der Waals surface area contributed by atoms with Gasteiger partial charge in [0.05, 0.1) is 0 Å². The predicted molar refractivity (Wildman–Crippen MR) is 138 cm³/mol. The number of hydrogen-bond acceptors (Lipinski definition) is 5. The normalized spacial score (nSPS) is 17.6. The average Bonchev–Trinajstić information content (AvgIpc) is 3.38. The van der Waals surface area contributed by atoms with E-state index in [9.17, 15) is 9.59 Å². The maximum atomic E-state index is 13.0. The molecule has 0 radical (unpaired) electrons. The average molecular weight is 486 g/mol. The molecule has 0 bridgehead atoms. The third kappa shape index (κ3) is 5.69. The number of amides is 2. The molecule has 1 heterocycles. The van der Waals surface area contributed by atoms with E-state index in [1.54, 1.807) is 5.38 Å². The van der Waals surface area contributed by atoms with Gasteiger partial charge in [0.15, 0.2) is 0 Å². The summed E-state index contributed by atoms with van der Waals surface area (Å²) in [6, 6.07) is 23.0. The highest BCUT2D eigenvalue weighted by Crippen LogP contribution is 2.22. The molecule has 2 N–H and O–H groups in total. The molecule has 7 heteroatoms. The summed E-state index contributed by atoms with van der Waals surface area (Å²) in [4.78, 5) is 30.4. The summed E-state index contributed by atoms with van der Waals surface area (Å²) in [5.74, 6) is 0.431. The molecule has 0 saturated heterocycles. The molecule has 5 rings (SSSR count). The third-order valence-electron chi connectivity index (χ3n) is 6.30. The van der Waals surface area contributed by atoms with Gasteiger partial charge < -0.3 is 15.4 Å². The zero-order chi connectivity index (χ0) is 24.0. The number of thiazole rings is 1. The first kappa shape index (κ1) is 23.1. The van der Waals surface area contributed by atoms with Gasteiger partial charge in [0, 0.05) is 23.0 Å². The Labute approximate surface area is 208 Å². The summed E-state index contributed by atoms with van der Waals surface area (Å²) in [6.07, 6.45) is 3.69. The van der Waals surface area contributed by atoms with Crippen LogP contribution in [-0.4, -0.2) is 28.9 Å². The van der Waals surface area contributed by atoms with Gasteiger partial charge in [0.25, 0.3) is 11.8 Å². The lowest BCUT2D eigenvalue weighted by molar-refractivity contribution is 0.0860. The summed E-state index contributed by atoms with van der Waals surface area (Å²) in [5.41, 5.74) is 1.01. The molecule has 2 amide bonds. The second kappa shape index (κ2) is 10.7. The minimum absolute atomic E-state index is 0.115. The van der Waals surface area contributed by atoms with Gasteiger partial charge in [-0.25, -0.2) is 4.98 Å². The lowest BCUT2D eigenvalue weighted by atomic mass is 9.90. The molecule has 0 aliphatic heterocycles. The number of carbonyl (C=O) groups excluding carboxylic acids is 2. The minimum atomic E-state index is -0.218. The number of rotatable bonds is 7. The van der Waals surface area contributed by atoms with Crippen LogP contribution in [0, 0.1) is 0 Å². The molecular weight excluding hydrogens is 458 g/mol. The Bertz CT molecular complexity index is 1320. The van der Waals surface area contributed by atoms with E-state index >= 15 is 0 Å². The summed E-state index contributed by atoms with van der Waals surface area (Å²) >= 11 is 1.40. The van der Waals surface area contributed by atoms with Crippen molar-refractivity contribution in [3.05, 3.63) is 94.4 Å². The topological polar surface area (TPSA) is 80.3 Å². The van der Waals surface area contributed by atoms with Crippen LogP contribution in [0.3, 0.4) is 0 Å². The highest BCUT2D eigenvalue weighted by atomic mass is 32.1. The van der Waals surface area contributed by atoms with Crippen molar-refractivity contribution in [2.45, 2.75) is 44.4 Å². The lowest BCUT2D eigenvalue weighted by Crippen LogP contribution is -2.53. The smallest absolute Gasteiger partial charge is 0.271 e. The SMILES string of the molecule is O=C(N[C@H]1CCCC[C@H]1NC(=O)c1csc(COc2ccccc2)n1)c1ccc2ccccc2c1. The largest absolute Gasteiger partial charge is 0.486 e. The molecule has 6 nitrogen and oxygen atoms in total. The first-order valence-electron chi connectivity index (χ1n) is 11.9. The standard InChI is InChI=1S/C28H27N3O3S/c32-27(21-15-14-19-8-4-5-9-20(19)16-21)30-23-12-6-7-13-24(23)31-28(33)25-18-35-26(29-25)17-34-22-10-2-1-3-11-22/h1-5,8-11,14-16,18,23-24H,6-7,12-13,17H2,(H,30,32)(H,31,33)/t23-,24+/m0/s1. The highest BCUT2D eigenvalue weighted by Gasteiger charge is 2.29. The van der Waals surface area contributed by atoms with Crippen LogP contribution in [0.5, 0.6) is 5.75 Å². The Hall–Kier alpha value is -3.71. The lowest BCUT2D eigenvalue weighted by Gasteiger charge is -2.32. The van der Waals surface area contributed by atoms with E-state index in [1.807, 2.05) is 72.8 Å². The van der Waals surface area contributed by atoms with Gasteiger partial charge in [-0.2, -0.15) is 0 Å². The number of fused-ring (bicyclic) bond motifs is 1. The number of benzene rings is 3. The molecule has 0 unspecified atom stereocenters. The van der Waals surface area contributed by atoms with E-state index in [0.717, 1.165) is 47.2 Å². The zero-order valence-corrected chi connectivity index (χ0v) is 20.1. The maximum Gasteiger partial charge on any atom is 0.271 e. The van der Waals surface area contributed by atoms with Gasteiger partial charge in [-0.1, -0.05) is 61.4 Å². The van der Waals surface area contributed by atoms with E-state index in [2.05, 4.69) is 15.6 Å². The van der Waals surface area contributed by atoms with Gasteiger partial charge in [0.1, 0.15) is 23.1 Å².